The summed E-state index contributed by atoms with van der Waals surface area (Å²) in [6.07, 6.45) is 29.3. The lowest BCUT2D eigenvalue weighted by Crippen LogP contribution is -2.04. The fraction of sp³-hybridized carbons (Fsp3) is 0.700. The van der Waals surface area contributed by atoms with Gasteiger partial charge >= 0.3 is 0 Å². The molecule has 0 fully saturated rings. The van der Waals surface area contributed by atoms with Gasteiger partial charge in [-0.15, -0.1) is 12.4 Å². The molecule has 0 aromatic carbocycles. The average molecular weight is 478 g/mol. The number of pyridine rings is 1. The first-order valence-electron chi connectivity index (χ1n) is 13.6. The van der Waals surface area contributed by atoms with Gasteiger partial charge in [-0.1, -0.05) is 102 Å². The van der Waals surface area contributed by atoms with Crippen LogP contribution in [0.5, 0.6) is 0 Å². The van der Waals surface area contributed by atoms with Gasteiger partial charge in [0.25, 0.3) is 0 Å². The zero-order valence-corrected chi connectivity index (χ0v) is 22.9. The van der Waals surface area contributed by atoms with Gasteiger partial charge in [0.05, 0.1) is 0 Å². The lowest BCUT2D eigenvalue weighted by molar-refractivity contribution is 0.288. The molecule has 190 valence electrons. The number of aliphatic hydroxyl groups is 1. The van der Waals surface area contributed by atoms with E-state index in [1.54, 1.807) is 0 Å². The first-order chi connectivity index (χ1) is 15.7. The highest BCUT2D eigenvalue weighted by Crippen LogP contribution is 2.24. The lowest BCUT2D eigenvalue weighted by atomic mass is 9.96. The zero-order valence-electron chi connectivity index (χ0n) is 22.1. The minimum absolute atomic E-state index is 0. The number of hydrogen-bond acceptors (Lipinski definition) is 2. The average Bonchev–Trinajstić information content (AvgIpc) is 2.79. The van der Waals surface area contributed by atoms with E-state index in [-0.39, 0.29) is 19.0 Å². The van der Waals surface area contributed by atoms with Crippen molar-refractivity contribution in [3.8, 4) is 0 Å². The largest absolute Gasteiger partial charge is 0.396 e. The molecular weight excluding hydrogens is 426 g/mol. The molecule has 0 aliphatic rings. The number of nitrogens with zero attached hydrogens (tertiary/aromatic N) is 1. The molecule has 0 aliphatic heterocycles. The van der Waals surface area contributed by atoms with Gasteiger partial charge in [0, 0.05) is 18.0 Å². The number of allylic oxidation sites excluding steroid dienone is 2. The Balaban J connectivity index is 0.0000102. The highest BCUT2D eigenvalue weighted by Gasteiger charge is 2.11. The topological polar surface area (TPSA) is 33.1 Å². The third kappa shape index (κ3) is 14.0. The van der Waals surface area contributed by atoms with Crippen LogP contribution in [0.2, 0.25) is 0 Å². The fourth-order valence-electron chi connectivity index (χ4n) is 4.35. The number of unbranched alkanes of at least 4 members (excludes halogenated alkanes) is 12. The molecule has 1 aromatic heterocycles. The molecule has 1 aromatic rings. The maximum absolute atomic E-state index is 9.32. The summed E-state index contributed by atoms with van der Waals surface area (Å²) in [5, 5.41) is 9.32. The Bertz CT molecular complexity index is 666. The van der Waals surface area contributed by atoms with Crippen LogP contribution < -0.4 is 0 Å². The van der Waals surface area contributed by atoms with Gasteiger partial charge in [-0.05, 0) is 69.1 Å². The fourth-order valence-corrected chi connectivity index (χ4v) is 4.35. The van der Waals surface area contributed by atoms with Crippen LogP contribution in [0.3, 0.4) is 0 Å². The van der Waals surface area contributed by atoms with E-state index in [0.717, 1.165) is 37.1 Å². The smallest absolute Gasteiger partial charge is 0.0482 e. The Kier molecular flexibility index (Phi) is 20.7. The van der Waals surface area contributed by atoms with Crippen molar-refractivity contribution in [1.29, 1.82) is 0 Å². The Labute approximate surface area is 211 Å². The summed E-state index contributed by atoms with van der Waals surface area (Å²) in [5.74, 6) is 0. The van der Waals surface area contributed by atoms with Crippen molar-refractivity contribution in [2.45, 2.75) is 130 Å². The number of aryl methyl sites for hydroxylation is 2. The normalized spacial score (nSPS) is 11.5. The lowest BCUT2D eigenvalue weighted by Gasteiger charge is -2.14. The number of rotatable bonds is 19. The van der Waals surface area contributed by atoms with Crippen LogP contribution >= 0.6 is 12.4 Å². The van der Waals surface area contributed by atoms with Gasteiger partial charge < -0.3 is 5.11 Å². The summed E-state index contributed by atoms with van der Waals surface area (Å²) in [5.41, 5.74) is 6.14. The highest BCUT2D eigenvalue weighted by atomic mass is 35.5. The van der Waals surface area contributed by atoms with Gasteiger partial charge in [-0.25, -0.2) is 0 Å². The maximum atomic E-state index is 9.32. The van der Waals surface area contributed by atoms with E-state index in [1.807, 2.05) is 0 Å². The molecule has 0 bridgehead atoms. The number of halogens is 1. The summed E-state index contributed by atoms with van der Waals surface area (Å²) < 4.78 is 0. The summed E-state index contributed by atoms with van der Waals surface area (Å²) >= 11 is 0. The van der Waals surface area contributed by atoms with Crippen molar-refractivity contribution in [1.82, 2.24) is 4.98 Å². The van der Waals surface area contributed by atoms with Gasteiger partial charge in [-0.2, -0.15) is 0 Å². The van der Waals surface area contributed by atoms with Crippen LogP contribution in [0, 0.1) is 13.8 Å². The summed E-state index contributed by atoms with van der Waals surface area (Å²) in [6.45, 7) is 9.14. The minimum Gasteiger partial charge on any atom is -0.396 e. The molecule has 0 amide bonds. The van der Waals surface area contributed by atoms with Gasteiger partial charge in [0.2, 0.25) is 0 Å². The van der Waals surface area contributed by atoms with Crippen molar-refractivity contribution in [2.24, 2.45) is 0 Å². The molecule has 33 heavy (non-hydrogen) atoms. The SMILES string of the molecule is CCCCCCCC/C=C\c1c(C)nc(CCCO)c(/C=C\CCCCCCCC)c1C.Cl. The molecular formula is C30H52ClNO. The predicted octanol–water partition coefficient (Wildman–Crippen LogP) is 9.57. The second-order valence-corrected chi connectivity index (χ2v) is 9.34. The van der Waals surface area contributed by atoms with Crippen molar-refractivity contribution in [2.75, 3.05) is 6.61 Å². The Morgan fingerprint density at radius 2 is 1.15 bits per heavy atom. The monoisotopic (exact) mass is 477 g/mol. The van der Waals surface area contributed by atoms with E-state index in [2.05, 4.69) is 52.0 Å². The van der Waals surface area contributed by atoms with Crippen LogP contribution in [-0.2, 0) is 6.42 Å². The van der Waals surface area contributed by atoms with E-state index in [4.69, 9.17) is 4.98 Å². The highest BCUT2D eigenvalue weighted by molar-refractivity contribution is 5.85. The second kappa shape index (κ2) is 21.4. The number of hydrogen-bond donors (Lipinski definition) is 1. The third-order valence-corrected chi connectivity index (χ3v) is 6.40. The minimum atomic E-state index is 0. The molecule has 0 unspecified atom stereocenters. The maximum Gasteiger partial charge on any atom is 0.0482 e. The molecule has 0 saturated heterocycles. The van der Waals surface area contributed by atoms with Crippen molar-refractivity contribution < 1.29 is 5.11 Å². The standard InChI is InChI=1S/C30H51NO.ClH/c1-5-7-9-11-13-15-17-19-22-28-26(3)29(30(24-21-25-32)31-27(28)4)23-20-18-16-14-12-10-8-6-2;/h19-20,22-23,32H,5-18,21,24-25H2,1-4H3;1H/b22-19-,23-20-;. The molecule has 0 spiro atoms. The Morgan fingerprint density at radius 3 is 1.67 bits per heavy atom. The van der Waals surface area contributed by atoms with E-state index in [1.165, 1.54) is 93.7 Å². The molecule has 0 radical (unpaired) electrons. The van der Waals surface area contributed by atoms with Crippen LogP contribution in [0.25, 0.3) is 12.2 Å². The molecule has 0 saturated carbocycles. The zero-order chi connectivity index (χ0) is 23.4. The van der Waals surface area contributed by atoms with E-state index < -0.39 is 0 Å². The summed E-state index contributed by atoms with van der Waals surface area (Å²) in [7, 11) is 0. The molecule has 1 rings (SSSR count). The quantitative estimate of drug-likeness (QED) is 0.201. The van der Waals surface area contributed by atoms with Crippen molar-refractivity contribution in [3.05, 3.63) is 40.2 Å². The molecule has 1 heterocycles. The first-order valence-corrected chi connectivity index (χ1v) is 13.6. The molecule has 0 aliphatic carbocycles. The van der Waals surface area contributed by atoms with Gasteiger partial charge in [-0.3, -0.25) is 4.98 Å². The van der Waals surface area contributed by atoms with Crippen LogP contribution in [0.1, 0.15) is 138 Å². The molecule has 3 heteroatoms. The molecule has 1 N–H and O–H groups in total. The van der Waals surface area contributed by atoms with Crippen molar-refractivity contribution in [3.63, 3.8) is 0 Å². The molecule has 0 atom stereocenters. The number of aliphatic hydroxyl groups excluding tert-OH is 1. The van der Waals surface area contributed by atoms with E-state index in [0.29, 0.717) is 0 Å². The van der Waals surface area contributed by atoms with Gasteiger partial charge in [0.15, 0.2) is 0 Å². The van der Waals surface area contributed by atoms with Crippen LogP contribution in [0.4, 0.5) is 0 Å². The van der Waals surface area contributed by atoms with Crippen molar-refractivity contribution >= 4 is 24.6 Å². The summed E-state index contributed by atoms with van der Waals surface area (Å²) in [4.78, 5) is 4.96. The van der Waals surface area contributed by atoms with E-state index in [9.17, 15) is 5.11 Å². The summed E-state index contributed by atoms with van der Waals surface area (Å²) in [6, 6.07) is 0. The first kappa shape index (κ1) is 31.9. The second-order valence-electron chi connectivity index (χ2n) is 9.34. The Morgan fingerprint density at radius 1 is 0.667 bits per heavy atom. The Hall–Kier alpha value is -1.12. The van der Waals surface area contributed by atoms with Crippen LogP contribution in [0.15, 0.2) is 12.2 Å². The third-order valence-electron chi connectivity index (χ3n) is 6.40. The van der Waals surface area contributed by atoms with E-state index >= 15 is 0 Å². The number of aromatic nitrogens is 1. The van der Waals surface area contributed by atoms with Crippen LogP contribution in [-0.4, -0.2) is 16.7 Å². The van der Waals surface area contributed by atoms with Gasteiger partial charge in [0.1, 0.15) is 0 Å². The molecule has 2 nitrogen and oxygen atoms in total. The predicted molar refractivity (Wildman–Crippen MR) is 150 cm³/mol.